The van der Waals surface area contributed by atoms with E-state index in [0.29, 0.717) is 13.2 Å². The van der Waals surface area contributed by atoms with Crippen molar-refractivity contribution < 1.29 is 9.53 Å². The Balaban J connectivity index is 2.53. The van der Waals surface area contributed by atoms with Crippen molar-refractivity contribution in [2.45, 2.75) is 38.3 Å². The van der Waals surface area contributed by atoms with Crippen LogP contribution in [-0.4, -0.2) is 30.2 Å². The van der Waals surface area contributed by atoms with Crippen LogP contribution in [0.15, 0.2) is 0 Å². The number of nitrogens with one attached hydrogen (secondary N) is 1. The van der Waals surface area contributed by atoms with Gasteiger partial charge in [-0.2, -0.15) is 0 Å². The van der Waals surface area contributed by atoms with Gasteiger partial charge in [0.2, 0.25) is 5.91 Å². The molecule has 4 heteroatoms. The zero-order chi connectivity index (χ0) is 10.1. The van der Waals surface area contributed by atoms with Gasteiger partial charge in [-0.3, -0.25) is 4.79 Å². The summed E-state index contributed by atoms with van der Waals surface area (Å²) >= 11 is 0. The molecule has 76 valence electrons. The number of ether oxygens (including phenoxy) is 1. The maximum atomic E-state index is 11.5. The molecule has 1 fully saturated rings. The zero-order valence-electron chi connectivity index (χ0n) is 8.52. The molecule has 1 aliphatic heterocycles. The van der Waals surface area contributed by atoms with E-state index in [1.54, 1.807) is 13.8 Å². The van der Waals surface area contributed by atoms with Crippen molar-refractivity contribution in [1.82, 2.24) is 5.32 Å². The van der Waals surface area contributed by atoms with Crippen LogP contribution < -0.4 is 11.1 Å². The molecule has 0 aromatic heterocycles. The highest BCUT2D eigenvalue weighted by atomic mass is 16.5. The van der Waals surface area contributed by atoms with Gasteiger partial charge in [-0.25, -0.2) is 0 Å². The van der Waals surface area contributed by atoms with Crippen molar-refractivity contribution >= 4 is 5.91 Å². The molecule has 0 saturated carbocycles. The second-order valence-corrected chi connectivity index (χ2v) is 4.54. The van der Waals surface area contributed by atoms with Crippen LogP contribution in [0.5, 0.6) is 0 Å². The number of nitrogens with two attached hydrogens (primary N) is 1. The van der Waals surface area contributed by atoms with Crippen LogP contribution in [0, 0.1) is 0 Å². The van der Waals surface area contributed by atoms with Crippen LogP contribution in [-0.2, 0) is 9.53 Å². The fraction of sp³-hybridized carbons (Fsp3) is 0.889. The van der Waals surface area contributed by atoms with E-state index in [1.807, 2.05) is 6.92 Å². The van der Waals surface area contributed by atoms with Crippen LogP contribution in [0.4, 0.5) is 0 Å². The van der Waals surface area contributed by atoms with Gasteiger partial charge in [0.15, 0.2) is 0 Å². The highest BCUT2D eigenvalue weighted by Gasteiger charge is 2.34. The van der Waals surface area contributed by atoms with E-state index < -0.39 is 5.54 Å². The van der Waals surface area contributed by atoms with E-state index in [0.717, 1.165) is 6.42 Å². The third-order valence-corrected chi connectivity index (χ3v) is 2.22. The van der Waals surface area contributed by atoms with Crippen LogP contribution >= 0.6 is 0 Å². The Hall–Kier alpha value is -0.610. The van der Waals surface area contributed by atoms with Gasteiger partial charge in [-0.05, 0) is 27.2 Å². The highest BCUT2D eigenvalue weighted by molar-refractivity contribution is 5.85. The first kappa shape index (κ1) is 10.5. The van der Waals surface area contributed by atoms with Gasteiger partial charge in [0.25, 0.3) is 0 Å². The topological polar surface area (TPSA) is 64.4 Å². The molecule has 0 spiro atoms. The molecule has 4 nitrogen and oxygen atoms in total. The van der Waals surface area contributed by atoms with Crippen molar-refractivity contribution in [3.8, 4) is 0 Å². The third-order valence-electron chi connectivity index (χ3n) is 2.22. The summed E-state index contributed by atoms with van der Waals surface area (Å²) in [4.78, 5) is 11.5. The summed E-state index contributed by atoms with van der Waals surface area (Å²) in [6.45, 7) is 6.66. The molecule has 0 aliphatic carbocycles. The molecule has 1 amide bonds. The number of hydrogen-bond acceptors (Lipinski definition) is 3. The Kier molecular flexibility index (Phi) is 2.63. The lowest BCUT2D eigenvalue weighted by Gasteiger charge is -2.28. The van der Waals surface area contributed by atoms with Gasteiger partial charge >= 0.3 is 0 Å². The molecule has 1 rings (SSSR count). The minimum atomic E-state index is -0.814. The van der Waals surface area contributed by atoms with Crippen molar-refractivity contribution in [3.63, 3.8) is 0 Å². The molecular weight excluding hydrogens is 168 g/mol. The summed E-state index contributed by atoms with van der Waals surface area (Å²) in [5.41, 5.74) is 4.62. The number of rotatable bonds is 2. The normalized spacial score (nSPS) is 28.9. The Morgan fingerprint density at radius 3 is 2.62 bits per heavy atom. The van der Waals surface area contributed by atoms with Crippen molar-refractivity contribution in [3.05, 3.63) is 0 Å². The van der Waals surface area contributed by atoms with Gasteiger partial charge in [0.1, 0.15) is 0 Å². The predicted molar refractivity (Wildman–Crippen MR) is 50.3 cm³/mol. The molecule has 1 aliphatic rings. The molecule has 0 aromatic carbocycles. The molecular formula is C9H18N2O2. The monoisotopic (exact) mass is 186 g/mol. The lowest BCUT2D eigenvalue weighted by molar-refractivity contribution is -0.127. The number of carbonyl (C=O) groups is 1. The van der Waals surface area contributed by atoms with Gasteiger partial charge < -0.3 is 15.8 Å². The smallest absolute Gasteiger partial charge is 0.240 e. The summed E-state index contributed by atoms with van der Waals surface area (Å²) < 4.78 is 5.22. The van der Waals surface area contributed by atoms with Gasteiger partial charge in [-0.1, -0.05) is 0 Å². The lowest BCUT2D eigenvalue weighted by atomic mass is 9.98. The Morgan fingerprint density at radius 2 is 2.23 bits per heavy atom. The fourth-order valence-corrected chi connectivity index (χ4v) is 1.20. The maximum Gasteiger partial charge on any atom is 0.240 e. The zero-order valence-corrected chi connectivity index (χ0v) is 8.52. The van der Waals surface area contributed by atoms with Gasteiger partial charge in [0.05, 0.1) is 17.7 Å². The van der Waals surface area contributed by atoms with Crippen molar-refractivity contribution in [1.29, 1.82) is 0 Å². The fourth-order valence-electron chi connectivity index (χ4n) is 1.20. The van der Waals surface area contributed by atoms with Crippen LogP contribution in [0.1, 0.15) is 27.2 Å². The Morgan fingerprint density at radius 1 is 1.62 bits per heavy atom. The van der Waals surface area contributed by atoms with Crippen molar-refractivity contribution in [2.75, 3.05) is 13.2 Å². The molecule has 1 heterocycles. The average Bonchev–Trinajstić information content (AvgIpc) is 2.33. The maximum absolute atomic E-state index is 11.5. The van der Waals surface area contributed by atoms with Crippen LogP contribution in [0.25, 0.3) is 0 Å². The standard InChI is InChI=1S/C9H18N2O2/c1-8(2,10)7(12)11-9(3)4-5-13-6-9/h4-6,10H2,1-3H3,(H,11,12). The summed E-state index contributed by atoms with van der Waals surface area (Å²) in [7, 11) is 0. The van der Waals surface area contributed by atoms with Crippen LogP contribution in [0.2, 0.25) is 0 Å². The molecule has 1 atom stereocenters. The first-order valence-corrected chi connectivity index (χ1v) is 4.53. The minimum absolute atomic E-state index is 0.125. The predicted octanol–water partition coefficient (Wildman–Crippen LogP) is 0.0189. The van der Waals surface area contributed by atoms with E-state index in [9.17, 15) is 4.79 Å². The highest BCUT2D eigenvalue weighted by Crippen LogP contribution is 2.18. The Bertz CT molecular complexity index is 202. The summed E-state index contributed by atoms with van der Waals surface area (Å²) in [6, 6.07) is 0. The quantitative estimate of drug-likeness (QED) is 0.639. The van der Waals surface area contributed by atoms with E-state index >= 15 is 0 Å². The lowest BCUT2D eigenvalue weighted by Crippen LogP contribution is -2.57. The number of carbonyl (C=O) groups excluding carboxylic acids is 1. The summed E-state index contributed by atoms with van der Waals surface area (Å²) in [6.07, 6.45) is 0.856. The third kappa shape index (κ3) is 2.67. The molecule has 1 saturated heterocycles. The van der Waals surface area contributed by atoms with Crippen molar-refractivity contribution in [2.24, 2.45) is 5.73 Å². The van der Waals surface area contributed by atoms with Gasteiger partial charge in [-0.15, -0.1) is 0 Å². The molecule has 3 N–H and O–H groups in total. The van der Waals surface area contributed by atoms with E-state index in [1.165, 1.54) is 0 Å². The van der Waals surface area contributed by atoms with E-state index in [-0.39, 0.29) is 11.4 Å². The van der Waals surface area contributed by atoms with Crippen LogP contribution in [0.3, 0.4) is 0 Å². The number of hydrogen-bond donors (Lipinski definition) is 2. The number of amides is 1. The second-order valence-electron chi connectivity index (χ2n) is 4.54. The molecule has 13 heavy (non-hydrogen) atoms. The molecule has 0 aromatic rings. The SMILES string of the molecule is CC1(NC(=O)C(C)(C)N)CCOC1. The molecule has 0 radical (unpaired) electrons. The second kappa shape index (κ2) is 3.27. The first-order valence-electron chi connectivity index (χ1n) is 4.53. The largest absolute Gasteiger partial charge is 0.379 e. The molecule has 0 bridgehead atoms. The summed E-state index contributed by atoms with van der Waals surface area (Å²) in [5, 5.41) is 2.91. The average molecular weight is 186 g/mol. The van der Waals surface area contributed by atoms with E-state index in [2.05, 4.69) is 5.32 Å². The Labute approximate surface area is 78.8 Å². The minimum Gasteiger partial charge on any atom is -0.379 e. The van der Waals surface area contributed by atoms with Gasteiger partial charge in [0, 0.05) is 6.61 Å². The first-order chi connectivity index (χ1) is 5.83. The summed E-state index contributed by atoms with van der Waals surface area (Å²) in [5.74, 6) is -0.125. The molecule has 1 unspecified atom stereocenters. The van der Waals surface area contributed by atoms with E-state index in [4.69, 9.17) is 10.5 Å².